The Balaban J connectivity index is 2.29. The highest BCUT2D eigenvalue weighted by Gasteiger charge is 2.12. The highest BCUT2D eigenvalue weighted by molar-refractivity contribution is 5.91. The normalized spacial score (nSPS) is 10.8. The first-order valence-electron chi connectivity index (χ1n) is 6.15. The quantitative estimate of drug-likeness (QED) is 0.582. The van der Waals surface area contributed by atoms with Crippen LogP contribution in [0.1, 0.15) is 13.8 Å². The molecule has 0 atom stereocenters. The molecule has 2 aromatic heterocycles. The highest BCUT2D eigenvalue weighted by Crippen LogP contribution is 2.23. The Kier molecular flexibility index (Phi) is 2.94. The molecule has 1 N–H and O–H groups in total. The third-order valence-electron chi connectivity index (χ3n) is 2.74. The van der Waals surface area contributed by atoms with E-state index in [0.717, 1.165) is 16.6 Å². The molecule has 102 valence electrons. The van der Waals surface area contributed by atoms with Crippen LogP contribution in [0.2, 0.25) is 0 Å². The fourth-order valence-corrected chi connectivity index (χ4v) is 1.87. The highest BCUT2D eigenvalue weighted by atomic mass is 16.5. The smallest absolute Gasteiger partial charge is 0.337 e. The zero-order valence-electron chi connectivity index (χ0n) is 11.5. The summed E-state index contributed by atoms with van der Waals surface area (Å²) in [5.74, 6) is 1.11. The van der Waals surface area contributed by atoms with Crippen molar-refractivity contribution in [2.45, 2.75) is 13.8 Å². The summed E-state index contributed by atoms with van der Waals surface area (Å²) < 4.78 is 6.71. The van der Waals surface area contributed by atoms with Crippen molar-refractivity contribution in [2.75, 3.05) is 12.5 Å². The second-order valence-corrected chi connectivity index (χ2v) is 4.46. The largest absolute Gasteiger partial charge is 0.466 e. The number of nitrogens with one attached hydrogen (secondary N) is 1. The predicted octanol–water partition coefficient (Wildman–Crippen LogP) is 2.09. The summed E-state index contributed by atoms with van der Waals surface area (Å²) in [6.45, 7) is 3.82. The first kappa shape index (κ1) is 12.3. The van der Waals surface area contributed by atoms with Crippen molar-refractivity contribution in [3.05, 3.63) is 24.3 Å². The zero-order valence-corrected chi connectivity index (χ0v) is 11.5. The van der Waals surface area contributed by atoms with Crippen LogP contribution < -0.4 is 10.2 Å². The maximum Gasteiger partial charge on any atom is 0.337 e. The molecule has 0 saturated heterocycles. The van der Waals surface area contributed by atoms with Gasteiger partial charge in [-0.25, -0.2) is 0 Å². The Bertz CT molecular complexity index is 803. The maximum absolute atomic E-state index is 5.06. The van der Waals surface area contributed by atoms with E-state index >= 15 is 0 Å². The average molecular weight is 270 g/mol. The first-order chi connectivity index (χ1) is 9.69. The van der Waals surface area contributed by atoms with E-state index in [9.17, 15) is 0 Å². The fourth-order valence-electron chi connectivity index (χ4n) is 1.87. The molecule has 0 fully saturated rings. The Hall–Kier alpha value is -2.70. The van der Waals surface area contributed by atoms with Crippen LogP contribution in [-0.2, 0) is 0 Å². The van der Waals surface area contributed by atoms with Crippen LogP contribution in [0.25, 0.3) is 16.7 Å². The molecule has 1 aromatic carbocycles. The number of hydrogen-bond donors (Lipinski definition) is 1. The minimum Gasteiger partial charge on any atom is -0.466 e. The number of hydrogen-bond acceptors (Lipinski definition) is 6. The molecule has 0 aliphatic heterocycles. The van der Waals surface area contributed by atoms with Crippen molar-refractivity contribution in [2.24, 2.45) is 5.10 Å². The number of methoxy groups -OCH3 is 1. The van der Waals surface area contributed by atoms with E-state index < -0.39 is 0 Å². The van der Waals surface area contributed by atoms with Gasteiger partial charge in [-0.05, 0) is 26.0 Å². The van der Waals surface area contributed by atoms with Crippen LogP contribution in [0.15, 0.2) is 29.4 Å². The van der Waals surface area contributed by atoms with Gasteiger partial charge in [-0.2, -0.15) is 19.6 Å². The van der Waals surface area contributed by atoms with Gasteiger partial charge in [0.1, 0.15) is 0 Å². The summed E-state index contributed by atoms with van der Waals surface area (Å²) in [7, 11) is 1.53. The summed E-state index contributed by atoms with van der Waals surface area (Å²) in [4.78, 5) is 8.63. The summed E-state index contributed by atoms with van der Waals surface area (Å²) >= 11 is 0. The van der Waals surface area contributed by atoms with Gasteiger partial charge in [0.2, 0.25) is 0 Å². The molecule has 3 aromatic rings. The van der Waals surface area contributed by atoms with E-state index in [2.05, 4.69) is 25.6 Å². The first-order valence-corrected chi connectivity index (χ1v) is 6.15. The van der Waals surface area contributed by atoms with Gasteiger partial charge >= 0.3 is 6.01 Å². The Morgan fingerprint density at radius 1 is 1.25 bits per heavy atom. The van der Waals surface area contributed by atoms with Gasteiger partial charge in [-0.1, -0.05) is 12.1 Å². The predicted molar refractivity (Wildman–Crippen MR) is 77.2 cm³/mol. The molecule has 0 saturated carbocycles. The molecule has 7 nitrogen and oxygen atoms in total. The van der Waals surface area contributed by atoms with Gasteiger partial charge in [0.15, 0.2) is 5.82 Å². The lowest BCUT2D eigenvalue weighted by Crippen LogP contribution is -2.01. The van der Waals surface area contributed by atoms with Crippen molar-refractivity contribution in [3.8, 4) is 6.01 Å². The van der Waals surface area contributed by atoms with Crippen LogP contribution in [0.4, 0.5) is 5.82 Å². The topological polar surface area (TPSA) is 76.7 Å². The second-order valence-electron chi connectivity index (χ2n) is 4.46. The number of anilines is 1. The monoisotopic (exact) mass is 270 g/mol. The van der Waals surface area contributed by atoms with Crippen molar-refractivity contribution < 1.29 is 4.74 Å². The van der Waals surface area contributed by atoms with E-state index in [1.54, 1.807) is 4.52 Å². The minimum atomic E-state index is 0.287. The number of nitrogens with zero attached hydrogens (tertiary/aromatic N) is 5. The number of ether oxygens (including phenoxy) is 1. The molecule has 0 aliphatic rings. The SMILES string of the molecule is COc1nc2nc(NN=C(C)C)c3ccccc3n2n1. The second kappa shape index (κ2) is 4.76. The molecule has 7 heteroatoms. The zero-order chi connectivity index (χ0) is 14.1. The van der Waals surface area contributed by atoms with E-state index in [1.165, 1.54) is 7.11 Å². The standard InChI is InChI=1S/C13H14N6O/c1-8(2)16-17-11-9-6-4-5-7-10(9)19-12(14-11)15-13(18-19)20-3/h4-7H,1-3H3,(H,14,15,17,18). The van der Waals surface area contributed by atoms with Crippen molar-refractivity contribution in [1.29, 1.82) is 0 Å². The van der Waals surface area contributed by atoms with Gasteiger partial charge in [0, 0.05) is 11.1 Å². The van der Waals surface area contributed by atoms with Crippen LogP contribution >= 0.6 is 0 Å². The molecule has 3 rings (SSSR count). The van der Waals surface area contributed by atoms with Gasteiger partial charge in [-0.3, -0.25) is 5.43 Å². The van der Waals surface area contributed by atoms with Crippen LogP contribution in [0.3, 0.4) is 0 Å². The Labute approximate surface area is 115 Å². The molecule has 0 spiro atoms. The lowest BCUT2D eigenvalue weighted by molar-refractivity contribution is 0.381. The number of benzene rings is 1. The molecule has 0 radical (unpaired) electrons. The van der Waals surface area contributed by atoms with Crippen LogP contribution in [-0.4, -0.2) is 32.4 Å². The number of aromatic nitrogens is 4. The number of fused-ring (bicyclic) bond motifs is 3. The lowest BCUT2D eigenvalue weighted by atomic mass is 10.2. The van der Waals surface area contributed by atoms with Crippen molar-refractivity contribution >= 4 is 28.2 Å². The molecule has 0 unspecified atom stereocenters. The Morgan fingerprint density at radius 3 is 2.80 bits per heavy atom. The van der Waals surface area contributed by atoms with Gasteiger partial charge in [-0.15, -0.1) is 5.10 Å². The van der Waals surface area contributed by atoms with E-state index in [1.807, 2.05) is 38.1 Å². The molecule has 0 amide bonds. The molecular weight excluding hydrogens is 256 g/mol. The van der Waals surface area contributed by atoms with Gasteiger partial charge in [0.05, 0.1) is 12.6 Å². The van der Waals surface area contributed by atoms with Crippen molar-refractivity contribution in [3.63, 3.8) is 0 Å². The lowest BCUT2D eigenvalue weighted by Gasteiger charge is -2.06. The third kappa shape index (κ3) is 2.03. The Morgan fingerprint density at radius 2 is 2.05 bits per heavy atom. The number of rotatable bonds is 3. The molecule has 0 bridgehead atoms. The summed E-state index contributed by atoms with van der Waals surface area (Å²) in [6.07, 6.45) is 0. The molecule has 2 heterocycles. The number of para-hydroxylation sites is 1. The van der Waals surface area contributed by atoms with Gasteiger partial charge in [0.25, 0.3) is 5.78 Å². The van der Waals surface area contributed by atoms with Crippen molar-refractivity contribution in [1.82, 2.24) is 19.6 Å². The summed E-state index contributed by atoms with van der Waals surface area (Å²) in [6, 6.07) is 8.08. The summed E-state index contributed by atoms with van der Waals surface area (Å²) in [5, 5.41) is 9.36. The molecular formula is C13H14N6O. The molecule has 20 heavy (non-hydrogen) atoms. The molecule has 0 aliphatic carbocycles. The van der Waals surface area contributed by atoms with Crippen LogP contribution in [0, 0.1) is 0 Å². The average Bonchev–Trinajstić information content (AvgIpc) is 2.88. The summed E-state index contributed by atoms with van der Waals surface area (Å²) in [5.41, 5.74) is 4.76. The van der Waals surface area contributed by atoms with Gasteiger partial charge < -0.3 is 4.74 Å². The van der Waals surface area contributed by atoms with E-state index in [0.29, 0.717) is 11.6 Å². The van der Waals surface area contributed by atoms with E-state index in [4.69, 9.17) is 4.74 Å². The third-order valence-corrected chi connectivity index (χ3v) is 2.74. The number of hydrazone groups is 1. The van der Waals surface area contributed by atoms with E-state index in [-0.39, 0.29) is 6.01 Å². The fraction of sp³-hybridized carbons (Fsp3) is 0.231. The maximum atomic E-state index is 5.06. The van der Waals surface area contributed by atoms with Crippen LogP contribution in [0.5, 0.6) is 6.01 Å². The minimum absolute atomic E-state index is 0.287.